The van der Waals surface area contributed by atoms with Crippen LogP contribution < -0.4 is 4.74 Å². The molecular formula is C13H19BrN2O2. The molecule has 100 valence electrons. The van der Waals surface area contributed by atoms with E-state index in [1.54, 1.807) is 6.20 Å². The fourth-order valence-corrected chi connectivity index (χ4v) is 2.73. The van der Waals surface area contributed by atoms with Crippen molar-refractivity contribution in [2.75, 3.05) is 20.2 Å². The molecule has 1 unspecified atom stereocenters. The highest BCUT2D eigenvalue weighted by Gasteiger charge is 2.20. The van der Waals surface area contributed by atoms with Crippen molar-refractivity contribution in [3.8, 4) is 5.88 Å². The zero-order valence-corrected chi connectivity index (χ0v) is 12.2. The number of halogens is 1. The molecule has 1 saturated heterocycles. The van der Waals surface area contributed by atoms with E-state index in [1.165, 1.54) is 19.4 Å². The van der Waals surface area contributed by atoms with Crippen molar-refractivity contribution in [1.29, 1.82) is 0 Å². The largest absolute Gasteiger partial charge is 0.477 e. The molecule has 2 rings (SSSR count). The number of aliphatic hydroxyl groups is 1. The molecule has 1 N–H and O–H groups in total. The van der Waals surface area contributed by atoms with Crippen LogP contribution in [-0.4, -0.2) is 41.2 Å². The van der Waals surface area contributed by atoms with E-state index >= 15 is 0 Å². The average molecular weight is 315 g/mol. The van der Waals surface area contributed by atoms with Crippen LogP contribution in [0.3, 0.4) is 0 Å². The molecule has 1 aromatic heterocycles. The maximum Gasteiger partial charge on any atom is 0.218 e. The Morgan fingerprint density at radius 1 is 1.61 bits per heavy atom. The summed E-state index contributed by atoms with van der Waals surface area (Å²) in [7, 11) is 2.16. The molecule has 4 nitrogen and oxygen atoms in total. The quantitative estimate of drug-likeness (QED) is 0.905. The summed E-state index contributed by atoms with van der Waals surface area (Å²) in [6.07, 6.45) is 5.23. The van der Waals surface area contributed by atoms with Crippen molar-refractivity contribution >= 4 is 15.9 Å². The Hall–Kier alpha value is -0.650. The minimum absolute atomic E-state index is 0.0505. The minimum atomic E-state index is -0.0505. The van der Waals surface area contributed by atoms with Gasteiger partial charge in [-0.1, -0.05) is 0 Å². The number of hydrogen-bond donors (Lipinski definition) is 1. The molecule has 0 spiro atoms. The van der Waals surface area contributed by atoms with Crippen molar-refractivity contribution in [1.82, 2.24) is 9.88 Å². The van der Waals surface area contributed by atoms with Gasteiger partial charge in [0.25, 0.3) is 0 Å². The summed E-state index contributed by atoms with van der Waals surface area (Å²) in [5, 5.41) is 9.25. The van der Waals surface area contributed by atoms with Crippen molar-refractivity contribution in [2.45, 2.75) is 31.9 Å². The van der Waals surface area contributed by atoms with Gasteiger partial charge in [-0.15, -0.1) is 0 Å². The number of nitrogens with zero attached hydrogens (tertiary/aromatic N) is 2. The van der Waals surface area contributed by atoms with E-state index in [1.807, 2.05) is 6.07 Å². The maximum absolute atomic E-state index is 9.25. The summed E-state index contributed by atoms with van der Waals surface area (Å²) < 4.78 is 6.53. The first-order valence-electron chi connectivity index (χ1n) is 6.29. The first-order valence-corrected chi connectivity index (χ1v) is 7.08. The first kappa shape index (κ1) is 13.8. The third-order valence-electron chi connectivity index (χ3n) is 3.42. The summed E-state index contributed by atoms with van der Waals surface area (Å²) in [5.74, 6) is 0.543. The molecule has 1 aliphatic rings. The van der Waals surface area contributed by atoms with Gasteiger partial charge >= 0.3 is 0 Å². The Kier molecular flexibility index (Phi) is 4.97. The molecule has 0 radical (unpaired) electrons. The normalized spacial score (nSPS) is 20.3. The Morgan fingerprint density at radius 3 is 3.11 bits per heavy atom. The number of hydrogen-bond acceptors (Lipinski definition) is 4. The van der Waals surface area contributed by atoms with Crippen molar-refractivity contribution in [3.63, 3.8) is 0 Å². The molecule has 0 amide bonds. The summed E-state index contributed by atoms with van der Waals surface area (Å²) >= 11 is 3.33. The molecule has 0 bridgehead atoms. The lowest BCUT2D eigenvalue weighted by Gasteiger charge is -2.19. The van der Waals surface area contributed by atoms with E-state index in [9.17, 15) is 5.11 Å². The highest BCUT2D eigenvalue weighted by atomic mass is 79.9. The van der Waals surface area contributed by atoms with E-state index < -0.39 is 0 Å². The van der Waals surface area contributed by atoms with Crippen LogP contribution in [0.1, 0.15) is 24.8 Å². The molecule has 1 fully saturated rings. The number of ether oxygens (including phenoxy) is 1. The van der Waals surface area contributed by atoms with Gasteiger partial charge < -0.3 is 14.7 Å². The topological polar surface area (TPSA) is 45.6 Å². The van der Waals surface area contributed by atoms with Crippen molar-refractivity contribution < 1.29 is 9.84 Å². The zero-order valence-electron chi connectivity index (χ0n) is 10.6. The van der Waals surface area contributed by atoms with Crippen LogP contribution in [0.15, 0.2) is 16.7 Å². The molecule has 18 heavy (non-hydrogen) atoms. The Balaban J connectivity index is 1.86. The first-order chi connectivity index (χ1) is 8.70. The minimum Gasteiger partial charge on any atom is -0.477 e. The number of likely N-dealkylation sites (tertiary alicyclic amines) is 1. The highest BCUT2D eigenvalue weighted by Crippen LogP contribution is 2.22. The van der Waals surface area contributed by atoms with Crippen molar-refractivity contribution in [2.24, 2.45) is 0 Å². The SMILES string of the molecule is CN1CCCC1CCOc1ncc(Br)cc1CO. The smallest absolute Gasteiger partial charge is 0.218 e. The van der Waals surface area contributed by atoms with E-state index in [2.05, 4.69) is 32.9 Å². The predicted octanol–water partition coefficient (Wildman–Crippen LogP) is 2.20. The van der Waals surface area contributed by atoms with Crippen LogP contribution in [-0.2, 0) is 6.61 Å². The molecule has 0 aliphatic carbocycles. The lowest BCUT2D eigenvalue weighted by atomic mass is 10.1. The number of rotatable bonds is 5. The molecular weight excluding hydrogens is 296 g/mol. The number of pyridine rings is 1. The second kappa shape index (κ2) is 6.50. The lowest BCUT2D eigenvalue weighted by Crippen LogP contribution is -2.26. The standard InChI is InChI=1S/C13H19BrN2O2/c1-16-5-2-3-12(16)4-6-18-13-10(9-17)7-11(14)8-15-13/h7-8,12,17H,2-6,9H2,1H3. The summed E-state index contributed by atoms with van der Waals surface area (Å²) in [6, 6.07) is 2.46. The van der Waals surface area contributed by atoms with Gasteiger partial charge in [-0.25, -0.2) is 4.98 Å². The van der Waals surface area contributed by atoms with Crippen LogP contribution in [0.4, 0.5) is 0 Å². The second-order valence-electron chi connectivity index (χ2n) is 4.69. The monoisotopic (exact) mass is 314 g/mol. The van der Waals surface area contributed by atoms with Crippen LogP contribution >= 0.6 is 15.9 Å². The summed E-state index contributed by atoms with van der Waals surface area (Å²) in [5.41, 5.74) is 0.726. The van der Waals surface area contributed by atoms with Crippen LogP contribution in [0.5, 0.6) is 5.88 Å². The van der Waals surface area contributed by atoms with E-state index in [4.69, 9.17) is 4.74 Å². The molecule has 0 saturated carbocycles. The van der Waals surface area contributed by atoms with E-state index in [0.29, 0.717) is 18.5 Å². The highest BCUT2D eigenvalue weighted by molar-refractivity contribution is 9.10. The third-order valence-corrected chi connectivity index (χ3v) is 3.86. The fraction of sp³-hybridized carbons (Fsp3) is 0.615. The van der Waals surface area contributed by atoms with E-state index in [-0.39, 0.29) is 6.61 Å². The predicted molar refractivity (Wildman–Crippen MR) is 73.6 cm³/mol. The summed E-state index contributed by atoms with van der Waals surface area (Å²) in [4.78, 5) is 6.57. The van der Waals surface area contributed by atoms with Gasteiger partial charge in [0.1, 0.15) is 0 Å². The van der Waals surface area contributed by atoms with Gasteiger partial charge in [0.2, 0.25) is 5.88 Å². The maximum atomic E-state index is 9.25. The Morgan fingerprint density at radius 2 is 2.44 bits per heavy atom. The molecule has 1 aliphatic heterocycles. The summed E-state index contributed by atoms with van der Waals surface area (Å²) in [6.45, 7) is 1.78. The third kappa shape index (κ3) is 3.43. The molecule has 0 aromatic carbocycles. The van der Waals surface area contributed by atoms with Gasteiger partial charge in [-0.05, 0) is 54.9 Å². The molecule has 1 atom stereocenters. The van der Waals surface area contributed by atoms with Crippen molar-refractivity contribution in [3.05, 3.63) is 22.3 Å². The van der Waals surface area contributed by atoms with Gasteiger partial charge in [-0.3, -0.25) is 0 Å². The molecule has 2 heterocycles. The molecule has 5 heteroatoms. The fourth-order valence-electron chi connectivity index (χ4n) is 2.35. The average Bonchev–Trinajstić information content (AvgIpc) is 2.77. The zero-order chi connectivity index (χ0) is 13.0. The van der Waals surface area contributed by atoms with Gasteiger partial charge in [0.15, 0.2) is 0 Å². The lowest BCUT2D eigenvalue weighted by molar-refractivity contribution is 0.219. The van der Waals surface area contributed by atoms with Gasteiger partial charge in [-0.2, -0.15) is 0 Å². The van der Waals surface area contributed by atoms with Crippen LogP contribution in [0.25, 0.3) is 0 Å². The van der Waals surface area contributed by atoms with E-state index in [0.717, 1.165) is 16.5 Å². The Labute approximate surface area is 116 Å². The molecule has 1 aromatic rings. The number of aromatic nitrogens is 1. The second-order valence-corrected chi connectivity index (χ2v) is 5.61. The van der Waals surface area contributed by atoms with Gasteiger partial charge in [0.05, 0.1) is 13.2 Å². The number of aliphatic hydroxyl groups excluding tert-OH is 1. The van der Waals surface area contributed by atoms with Gasteiger partial charge in [0, 0.05) is 22.3 Å². The van der Waals surface area contributed by atoms with Crippen LogP contribution in [0.2, 0.25) is 0 Å². The Bertz CT molecular complexity index is 401. The van der Waals surface area contributed by atoms with Crippen LogP contribution in [0, 0.1) is 0 Å².